The average molecular weight is 265 g/mol. The average Bonchev–Trinajstić information content (AvgIpc) is 2.78. The SMILES string of the molecule is CC(=O)c1csc(NC(=O)c2ccc(F)cn2)n1. The van der Waals surface area contributed by atoms with Gasteiger partial charge < -0.3 is 0 Å². The second-order valence-electron chi connectivity index (χ2n) is 3.41. The van der Waals surface area contributed by atoms with E-state index in [2.05, 4.69) is 15.3 Å². The second-order valence-corrected chi connectivity index (χ2v) is 4.27. The number of pyridine rings is 1. The number of carbonyl (C=O) groups is 2. The molecule has 0 spiro atoms. The maximum Gasteiger partial charge on any atom is 0.276 e. The van der Waals surface area contributed by atoms with Crippen molar-refractivity contribution in [2.24, 2.45) is 0 Å². The highest BCUT2D eigenvalue weighted by Crippen LogP contribution is 2.16. The summed E-state index contributed by atoms with van der Waals surface area (Å²) in [4.78, 5) is 30.3. The molecule has 0 atom stereocenters. The van der Waals surface area contributed by atoms with Gasteiger partial charge in [-0.25, -0.2) is 14.4 Å². The minimum atomic E-state index is -0.514. The molecule has 2 heterocycles. The topological polar surface area (TPSA) is 72.0 Å². The Kier molecular flexibility index (Phi) is 3.42. The third kappa shape index (κ3) is 2.75. The van der Waals surface area contributed by atoms with Gasteiger partial charge >= 0.3 is 0 Å². The van der Waals surface area contributed by atoms with Gasteiger partial charge in [0.2, 0.25) is 0 Å². The number of Topliss-reactive ketones (excluding diaryl/α,β-unsaturated/α-hetero) is 1. The number of hydrogen-bond acceptors (Lipinski definition) is 5. The van der Waals surface area contributed by atoms with Crippen LogP contribution in [0.25, 0.3) is 0 Å². The summed E-state index contributed by atoms with van der Waals surface area (Å²) in [7, 11) is 0. The minimum absolute atomic E-state index is 0.0796. The Morgan fingerprint density at radius 3 is 2.67 bits per heavy atom. The highest BCUT2D eigenvalue weighted by Gasteiger charge is 2.11. The van der Waals surface area contributed by atoms with Crippen LogP contribution >= 0.6 is 11.3 Å². The summed E-state index contributed by atoms with van der Waals surface area (Å²) in [6.45, 7) is 1.39. The predicted octanol–water partition coefficient (Wildman–Crippen LogP) is 2.13. The normalized spacial score (nSPS) is 10.1. The Morgan fingerprint density at radius 1 is 1.33 bits per heavy atom. The van der Waals surface area contributed by atoms with Crippen molar-refractivity contribution in [2.45, 2.75) is 6.92 Å². The van der Waals surface area contributed by atoms with Crippen LogP contribution in [0.5, 0.6) is 0 Å². The van der Waals surface area contributed by atoms with E-state index in [0.29, 0.717) is 10.8 Å². The summed E-state index contributed by atoms with van der Waals surface area (Å²) in [5.41, 5.74) is 0.373. The van der Waals surface area contributed by atoms with Gasteiger partial charge in [0.25, 0.3) is 5.91 Å². The van der Waals surface area contributed by atoms with Gasteiger partial charge in [0.15, 0.2) is 10.9 Å². The number of carbonyl (C=O) groups excluding carboxylic acids is 2. The molecule has 1 amide bonds. The summed E-state index contributed by atoms with van der Waals surface area (Å²) in [5, 5.41) is 4.34. The van der Waals surface area contributed by atoms with Crippen LogP contribution in [0.15, 0.2) is 23.7 Å². The number of nitrogens with zero attached hydrogens (tertiary/aromatic N) is 2. The van der Waals surface area contributed by atoms with Crippen molar-refractivity contribution in [1.29, 1.82) is 0 Å². The summed E-state index contributed by atoms with van der Waals surface area (Å²) in [6.07, 6.45) is 0.956. The highest BCUT2D eigenvalue weighted by atomic mass is 32.1. The third-order valence-corrected chi connectivity index (χ3v) is 2.80. The van der Waals surface area contributed by atoms with E-state index < -0.39 is 11.7 Å². The molecule has 18 heavy (non-hydrogen) atoms. The van der Waals surface area contributed by atoms with Crippen LogP contribution in [0, 0.1) is 5.82 Å². The van der Waals surface area contributed by atoms with Gasteiger partial charge in [-0.2, -0.15) is 0 Å². The molecule has 2 aromatic heterocycles. The molecule has 2 aromatic rings. The number of nitrogens with one attached hydrogen (secondary N) is 1. The number of ketones is 1. The Morgan fingerprint density at radius 2 is 2.11 bits per heavy atom. The minimum Gasteiger partial charge on any atom is -0.296 e. The molecule has 0 fully saturated rings. The van der Waals surface area contributed by atoms with Gasteiger partial charge in [0.05, 0.1) is 6.20 Å². The Balaban J connectivity index is 2.11. The van der Waals surface area contributed by atoms with Crippen LogP contribution in [0.2, 0.25) is 0 Å². The number of aromatic nitrogens is 2. The van der Waals surface area contributed by atoms with Crippen molar-refractivity contribution >= 4 is 28.2 Å². The molecule has 1 N–H and O–H groups in total. The largest absolute Gasteiger partial charge is 0.296 e. The molecule has 5 nitrogen and oxygen atoms in total. The van der Waals surface area contributed by atoms with Gasteiger partial charge in [0, 0.05) is 12.3 Å². The zero-order valence-electron chi connectivity index (χ0n) is 9.31. The zero-order valence-corrected chi connectivity index (χ0v) is 10.1. The second kappa shape index (κ2) is 5.01. The Labute approximate surface area is 106 Å². The van der Waals surface area contributed by atoms with Crippen molar-refractivity contribution < 1.29 is 14.0 Å². The molecule has 0 radical (unpaired) electrons. The zero-order chi connectivity index (χ0) is 13.1. The summed E-state index contributed by atoms with van der Waals surface area (Å²) < 4.78 is 12.6. The monoisotopic (exact) mass is 265 g/mol. The lowest BCUT2D eigenvalue weighted by Gasteiger charge is -2.00. The number of anilines is 1. The molecule has 0 saturated heterocycles. The molecule has 0 aliphatic carbocycles. The highest BCUT2D eigenvalue weighted by molar-refractivity contribution is 7.14. The van der Waals surface area contributed by atoms with E-state index in [0.717, 1.165) is 23.6 Å². The van der Waals surface area contributed by atoms with Crippen LogP contribution in [0.1, 0.15) is 27.9 Å². The molecule has 0 unspecified atom stereocenters. The standard InChI is InChI=1S/C11H8FN3O2S/c1-6(16)9-5-18-11(14-9)15-10(17)8-3-2-7(12)4-13-8/h2-5H,1H3,(H,14,15,17). The Bertz CT molecular complexity index is 595. The molecule has 0 aliphatic rings. The number of thiazole rings is 1. The van der Waals surface area contributed by atoms with Crippen molar-refractivity contribution in [3.63, 3.8) is 0 Å². The third-order valence-electron chi connectivity index (χ3n) is 2.05. The smallest absolute Gasteiger partial charge is 0.276 e. The van der Waals surface area contributed by atoms with Crippen LogP contribution in [-0.4, -0.2) is 21.7 Å². The summed E-state index contributed by atoms with van der Waals surface area (Å²) >= 11 is 1.14. The van der Waals surface area contributed by atoms with E-state index in [9.17, 15) is 14.0 Å². The first kappa shape index (κ1) is 12.3. The molecule has 0 aliphatic heterocycles. The van der Waals surface area contributed by atoms with Gasteiger partial charge in [-0.1, -0.05) is 0 Å². The molecular formula is C11H8FN3O2S. The van der Waals surface area contributed by atoms with Crippen LogP contribution in [0.3, 0.4) is 0 Å². The lowest BCUT2D eigenvalue weighted by Crippen LogP contribution is -2.13. The van der Waals surface area contributed by atoms with Crippen LogP contribution in [-0.2, 0) is 0 Å². The number of rotatable bonds is 3. The maximum atomic E-state index is 12.6. The fourth-order valence-corrected chi connectivity index (χ4v) is 1.91. The first-order valence-electron chi connectivity index (χ1n) is 4.95. The lowest BCUT2D eigenvalue weighted by atomic mass is 10.3. The summed E-state index contributed by atoms with van der Waals surface area (Å²) in [5.74, 6) is -1.19. The van der Waals surface area contributed by atoms with Crippen molar-refractivity contribution in [2.75, 3.05) is 5.32 Å². The van der Waals surface area contributed by atoms with E-state index in [-0.39, 0.29) is 11.5 Å². The quantitative estimate of drug-likeness (QED) is 0.863. The predicted molar refractivity (Wildman–Crippen MR) is 64.3 cm³/mol. The number of amides is 1. The van der Waals surface area contributed by atoms with Crippen molar-refractivity contribution in [3.05, 3.63) is 40.9 Å². The summed E-state index contributed by atoms with van der Waals surface area (Å²) in [6, 6.07) is 2.41. The first-order chi connectivity index (χ1) is 8.56. The van der Waals surface area contributed by atoms with Crippen molar-refractivity contribution in [1.82, 2.24) is 9.97 Å². The first-order valence-corrected chi connectivity index (χ1v) is 5.83. The molecule has 2 rings (SSSR count). The van der Waals surface area contributed by atoms with E-state index >= 15 is 0 Å². The van der Waals surface area contributed by atoms with Gasteiger partial charge in [-0.05, 0) is 12.1 Å². The molecule has 7 heteroatoms. The maximum absolute atomic E-state index is 12.6. The van der Waals surface area contributed by atoms with E-state index in [1.165, 1.54) is 13.0 Å². The fourth-order valence-electron chi connectivity index (χ4n) is 1.16. The van der Waals surface area contributed by atoms with Gasteiger partial charge in [-0.3, -0.25) is 14.9 Å². The molecule has 0 saturated carbocycles. The number of halogens is 1. The van der Waals surface area contributed by atoms with E-state index in [1.54, 1.807) is 5.38 Å². The van der Waals surface area contributed by atoms with Crippen LogP contribution < -0.4 is 5.32 Å². The number of hydrogen-bond donors (Lipinski definition) is 1. The van der Waals surface area contributed by atoms with Gasteiger partial charge in [0.1, 0.15) is 17.2 Å². The lowest BCUT2D eigenvalue weighted by molar-refractivity contribution is 0.100. The molecule has 0 bridgehead atoms. The van der Waals surface area contributed by atoms with Crippen LogP contribution in [0.4, 0.5) is 9.52 Å². The molecule has 0 aromatic carbocycles. The fraction of sp³-hybridized carbons (Fsp3) is 0.0909. The molecular weight excluding hydrogens is 257 g/mol. The Hall–Kier alpha value is -2.15. The van der Waals surface area contributed by atoms with E-state index in [1.807, 2.05) is 0 Å². The molecule has 92 valence electrons. The van der Waals surface area contributed by atoms with E-state index in [4.69, 9.17) is 0 Å². The van der Waals surface area contributed by atoms with Crippen molar-refractivity contribution in [3.8, 4) is 0 Å². The van der Waals surface area contributed by atoms with Gasteiger partial charge in [-0.15, -0.1) is 11.3 Å².